The van der Waals surface area contributed by atoms with Gasteiger partial charge in [-0.25, -0.2) is 0 Å². The predicted octanol–water partition coefficient (Wildman–Crippen LogP) is 3.76. The molecular formula is C21H31NO. The van der Waals surface area contributed by atoms with E-state index in [-0.39, 0.29) is 0 Å². The molecule has 5 rings (SSSR count). The Morgan fingerprint density at radius 3 is 2.70 bits per heavy atom. The molecule has 2 heterocycles. The third-order valence-corrected chi connectivity index (χ3v) is 7.35. The average Bonchev–Trinajstić information content (AvgIpc) is 2.50. The predicted molar refractivity (Wildman–Crippen MR) is 94.6 cm³/mol. The summed E-state index contributed by atoms with van der Waals surface area (Å²) >= 11 is 0. The quantitative estimate of drug-likeness (QED) is 0.918. The lowest BCUT2D eigenvalue weighted by molar-refractivity contribution is -0.149. The SMILES string of the molecule is CCC[C@]12CC3C(C(C)(C)O)CC1C(Cc1ccccc12)N3C. The largest absolute Gasteiger partial charge is 0.390 e. The van der Waals surface area contributed by atoms with Crippen LogP contribution in [0, 0.1) is 11.8 Å². The third-order valence-electron chi connectivity index (χ3n) is 7.35. The molecule has 126 valence electrons. The van der Waals surface area contributed by atoms with Crippen LogP contribution in [0.1, 0.15) is 57.6 Å². The van der Waals surface area contributed by atoms with Crippen molar-refractivity contribution in [1.82, 2.24) is 4.90 Å². The number of rotatable bonds is 3. The normalized spacial score (nSPS) is 39.3. The Morgan fingerprint density at radius 1 is 1.26 bits per heavy atom. The van der Waals surface area contributed by atoms with Gasteiger partial charge in [0.25, 0.3) is 0 Å². The second-order valence-corrected chi connectivity index (χ2v) is 8.87. The highest BCUT2D eigenvalue weighted by atomic mass is 16.3. The van der Waals surface area contributed by atoms with Crippen LogP contribution in [-0.4, -0.2) is 34.7 Å². The topological polar surface area (TPSA) is 23.5 Å². The van der Waals surface area contributed by atoms with Crippen LogP contribution in [0.3, 0.4) is 0 Å². The van der Waals surface area contributed by atoms with Crippen LogP contribution in [0.5, 0.6) is 0 Å². The number of fused-ring (bicyclic) bond motifs is 2. The molecule has 2 heteroatoms. The molecule has 0 amide bonds. The standard InChI is InChI=1S/C21H31NO/c1-5-10-21-13-19-16(20(2,3)23)12-17(21)18(22(19)4)11-14-8-6-7-9-15(14)21/h6-9,16-19,23H,5,10-13H2,1-4H3/t16?,17?,18?,19?,21-/m1/s1. The van der Waals surface area contributed by atoms with E-state index in [0.717, 1.165) is 0 Å². The Balaban J connectivity index is 1.83. The van der Waals surface area contributed by atoms with Crippen molar-refractivity contribution in [1.29, 1.82) is 0 Å². The van der Waals surface area contributed by atoms with Gasteiger partial charge in [0.05, 0.1) is 5.60 Å². The highest BCUT2D eigenvalue weighted by Gasteiger charge is 2.61. The Hall–Kier alpha value is -0.860. The number of likely N-dealkylation sites (N-methyl/N-ethyl adjacent to an activating group) is 1. The fourth-order valence-electron chi connectivity index (χ4n) is 6.44. The van der Waals surface area contributed by atoms with Gasteiger partial charge >= 0.3 is 0 Å². The summed E-state index contributed by atoms with van der Waals surface area (Å²) in [7, 11) is 2.31. The second-order valence-electron chi connectivity index (χ2n) is 8.87. The zero-order valence-electron chi connectivity index (χ0n) is 15.0. The van der Waals surface area contributed by atoms with E-state index in [1.165, 1.54) is 32.1 Å². The van der Waals surface area contributed by atoms with Gasteiger partial charge in [0.1, 0.15) is 0 Å². The van der Waals surface area contributed by atoms with Crippen LogP contribution in [0.15, 0.2) is 24.3 Å². The third kappa shape index (κ3) is 2.07. The minimum absolute atomic E-state index is 0.354. The van der Waals surface area contributed by atoms with E-state index in [0.29, 0.717) is 29.3 Å². The second kappa shape index (κ2) is 5.07. The van der Waals surface area contributed by atoms with Crippen LogP contribution < -0.4 is 0 Å². The number of nitrogens with zero attached hydrogens (tertiary/aromatic N) is 1. The first kappa shape index (κ1) is 15.7. The van der Waals surface area contributed by atoms with E-state index in [1.807, 2.05) is 13.8 Å². The maximum atomic E-state index is 10.7. The number of aliphatic hydroxyl groups is 1. The number of hydrogen-bond acceptors (Lipinski definition) is 2. The number of benzene rings is 1. The zero-order chi connectivity index (χ0) is 16.4. The fourth-order valence-corrected chi connectivity index (χ4v) is 6.44. The van der Waals surface area contributed by atoms with Crippen LogP contribution >= 0.6 is 0 Å². The summed E-state index contributed by atoms with van der Waals surface area (Å²) in [5.41, 5.74) is 3.00. The summed E-state index contributed by atoms with van der Waals surface area (Å²) in [6, 6.07) is 10.4. The molecule has 1 saturated carbocycles. The van der Waals surface area contributed by atoms with Crippen molar-refractivity contribution in [2.24, 2.45) is 11.8 Å². The van der Waals surface area contributed by atoms with Gasteiger partial charge in [0, 0.05) is 23.4 Å². The van der Waals surface area contributed by atoms with Crippen molar-refractivity contribution in [2.45, 2.75) is 76.0 Å². The van der Waals surface area contributed by atoms with Crippen LogP contribution in [-0.2, 0) is 11.8 Å². The Morgan fingerprint density at radius 2 is 2.00 bits per heavy atom. The van der Waals surface area contributed by atoms with Crippen molar-refractivity contribution in [2.75, 3.05) is 7.05 Å². The minimum Gasteiger partial charge on any atom is -0.390 e. The van der Waals surface area contributed by atoms with Gasteiger partial charge in [0.15, 0.2) is 0 Å². The summed E-state index contributed by atoms with van der Waals surface area (Å²) in [4.78, 5) is 2.63. The van der Waals surface area contributed by atoms with Crippen molar-refractivity contribution in [3.8, 4) is 0 Å². The first-order chi connectivity index (χ1) is 10.9. The molecule has 4 aliphatic rings. The summed E-state index contributed by atoms with van der Waals surface area (Å²) in [6.07, 6.45) is 6.16. The Labute approximate surface area is 140 Å². The van der Waals surface area contributed by atoms with Gasteiger partial charge in [-0.05, 0) is 63.6 Å². The first-order valence-corrected chi connectivity index (χ1v) is 9.41. The van der Waals surface area contributed by atoms with Crippen molar-refractivity contribution < 1.29 is 5.11 Å². The Bertz CT molecular complexity index is 604. The maximum absolute atomic E-state index is 10.7. The first-order valence-electron chi connectivity index (χ1n) is 9.41. The summed E-state index contributed by atoms with van der Waals surface area (Å²) < 4.78 is 0. The monoisotopic (exact) mass is 313 g/mol. The van der Waals surface area contributed by atoms with E-state index in [2.05, 4.69) is 43.1 Å². The number of hydrogen-bond donors (Lipinski definition) is 1. The molecule has 1 N–H and O–H groups in total. The molecule has 0 spiro atoms. The van der Waals surface area contributed by atoms with Crippen molar-refractivity contribution >= 4 is 0 Å². The molecule has 0 aromatic heterocycles. The van der Waals surface area contributed by atoms with Gasteiger partial charge in [-0.15, -0.1) is 0 Å². The van der Waals surface area contributed by atoms with Crippen molar-refractivity contribution in [3.05, 3.63) is 35.4 Å². The molecule has 2 nitrogen and oxygen atoms in total. The lowest BCUT2D eigenvalue weighted by Gasteiger charge is -2.66. The maximum Gasteiger partial charge on any atom is 0.0634 e. The summed E-state index contributed by atoms with van der Waals surface area (Å²) in [5.74, 6) is 1.10. The molecule has 2 saturated heterocycles. The van der Waals surface area contributed by atoms with Crippen LogP contribution in [0.4, 0.5) is 0 Å². The lowest BCUT2D eigenvalue weighted by Crippen LogP contribution is -2.70. The highest BCUT2D eigenvalue weighted by Crippen LogP contribution is 2.61. The fraction of sp³-hybridized carbons (Fsp3) is 0.714. The van der Waals surface area contributed by atoms with E-state index in [1.54, 1.807) is 11.1 Å². The summed E-state index contributed by atoms with van der Waals surface area (Å²) in [6.45, 7) is 6.37. The van der Waals surface area contributed by atoms with Gasteiger partial charge < -0.3 is 5.11 Å². The lowest BCUT2D eigenvalue weighted by atomic mass is 9.46. The van der Waals surface area contributed by atoms with Crippen LogP contribution in [0.25, 0.3) is 0 Å². The number of piperidine rings is 2. The minimum atomic E-state index is -0.570. The van der Waals surface area contributed by atoms with E-state index >= 15 is 0 Å². The van der Waals surface area contributed by atoms with Crippen molar-refractivity contribution in [3.63, 3.8) is 0 Å². The molecule has 1 aromatic carbocycles. The highest BCUT2D eigenvalue weighted by molar-refractivity contribution is 5.42. The molecule has 2 aliphatic heterocycles. The van der Waals surface area contributed by atoms with Gasteiger partial charge in [-0.2, -0.15) is 0 Å². The summed E-state index contributed by atoms with van der Waals surface area (Å²) in [5, 5.41) is 10.7. The van der Waals surface area contributed by atoms with E-state index in [4.69, 9.17) is 0 Å². The average molecular weight is 313 g/mol. The molecule has 3 fully saturated rings. The van der Waals surface area contributed by atoms with E-state index in [9.17, 15) is 5.11 Å². The zero-order valence-corrected chi connectivity index (χ0v) is 15.0. The molecule has 4 bridgehead atoms. The molecule has 0 radical (unpaired) electrons. The molecule has 5 atom stereocenters. The molecule has 4 unspecified atom stereocenters. The van der Waals surface area contributed by atoms with Gasteiger partial charge in [0.2, 0.25) is 0 Å². The molecule has 23 heavy (non-hydrogen) atoms. The molecule has 1 aromatic rings. The Kier molecular flexibility index (Phi) is 3.45. The molecular weight excluding hydrogens is 282 g/mol. The molecule has 2 aliphatic carbocycles. The van der Waals surface area contributed by atoms with E-state index < -0.39 is 5.60 Å². The van der Waals surface area contributed by atoms with Gasteiger partial charge in [-0.1, -0.05) is 37.6 Å². The smallest absolute Gasteiger partial charge is 0.0634 e. The van der Waals surface area contributed by atoms with Gasteiger partial charge in [-0.3, -0.25) is 4.90 Å². The van der Waals surface area contributed by atoms with Crippen LogP contribution in [0.2, 0.25) is 0 Å².